The summed E-state index contributed by atoms with van der Waals surface area (Å²) in [5.41, 5.74) is 0.312. The molecule has 0 bridgehead atoms. The monoisotopic (exact) mass is 263 g/mol. The Balaban J connectivity index is 2.18. The molecular weight excluding hydrogens is 242 g/mol. The third kappa shape index (κ3) is 2.83. The van der Waals surface area contributed by atoms with Crippen molar-refractivity contribution in [2.24, 2.45) is 0 Å². The van der Waals surface area contributed by atoms with Crippen LogP contribution in [0, 0.1) is 0 Å². The number of hydrogen-bond donors (Lipinski definition) is 1. The third-order valence-corrected chi connectivity index (χ3v) is 3.89. The maximum Gasteiger partial charge on any atom is 0.257 e. The van der Waals surface area contributed by atoms with Gasteiger partial charge in [0, 0.05) is 13.1 Å². The highest BCUT2D eigenvalue weighted by Crippen LogP contribution is 2.31. The number of nitrogens with zero attached hydrogens (tertiary/aromatic N) is 1. The van der Waals surface area contributed by atoms with Gasteiger partial charge in [-0.3, -0.25) is 4.79 Å². The number of carbonyl (C=O) groups is 1. The van der Waals surface area contributed by atoms with E-state index >= 15 is 0 Å². The largest absolute Gasteiger partial charge is 0.504 e. The lowest BCUT2D eigenvalue weighted by Gasteiger charge is -2.31. The van der Waals surface area contributed by atoms with Gasteiger partial charge in [-0.1, -0.05) is 25.3 Å². The van der Waals surface area contributed by atoms with E-state index in [1.54, 1.807) is 23.1 Å². The van der Waals surface area contributed by atoms with E-state index in [0.717, 1.165) is 12.8 Å². The van der Waals surface area contributed by atoms with Gasteiger partial charge in [0.1, 0.15) is 0 Å². The van der Waals surface area contributed by atoms with Crippen LogP contribution in [0.3, 0.4) is 0 Å². The average molecular weight is 263 g/mol. The quantitative estimate of drug-likeness (QED) is 0.912. The molecule has 1 fully saturated rings. The molecule has 1 N–H and O–H groups in total. The van der Waals surface area contributed by atoms with Crippen molar-refractivity contribution in [2.45, 2.75) is 38.1 Å². The Morgan fingerprint density at radius 3 is 2.63 bits per heavy atom. The Morgan fingerprint density at radius 2 is 2.00 bits per heavy atom. The Hall–Kier alpha value is -1.71. The summed E-state index contributed by atoms with van der Waals surface area (Å²) in [6.07, 6.45) is 5.70. The maximum absolute atomic E-state index is 12.4. The summed E-state index contributed by atoms with van der Waals surface area (Å²) < 4.78 is 5.04. The van der Waals surface area contributed by atoms with Crippen molar-refractivity contribution < 1.29 is 14.6 Å². The minimum absolute atomic E-state index is 0.0716. The molecule has 1 aliphatic carbocycles. The molecule has 104 valence electrons. The van der Waals surface area contributed by atoms with Crippen LogP contribution < -0.4 is 4.74 Å². The van der Waals surface area contributed by atoms with E-state index < -0.39 is 0 Å². The summed E-state index contributed by atoms with van der Waals surface area (Å²) in [5, 5.41) is 10.0. The Bertz CT molecular complexity index is 453. The van der Waals surface area contributed by atoms with E-state index in [1.165, 1.54) is 26.4 Å². The molecule has 0 saturated heterocycles. The van der Waals surface area contributed by atoms with Crippen LogP contribution in [-0.2, 0) is 0 Å². The van der Waals surface area contributed by atoms with E-state index in [0.29, 0.717) is 11.3 Å². The number of methoxy groups -OCH3 is 1. The molecule has 2 rings (SSSR count). The van der Waals surface area contributed by atoms with Gasteiger partial charge in [0.15, 0.2) is 11.5 Å². The lowest BCUT2D eigenvalue weighted by Crippen LogP contribution is -2.38. The van der Waals surface area contributed by atoms with Crippen LogP contribution in [0.2, 0.25) is 0 Å². The van der Waals surface area contributed by atoms with Gasteiger partial charge in [-0.25, -0.2) is 0 Å². The molecule has 1 saturated carbocycles. The van der Waals surface area contributed by atoms with E-state index in [1.807, 2.05) is 7.05 Å². The van der Waals surface area contributed by atoms with Crippen LogP contribution in [0.1, 0.15) is 42.5 Å². The minimum Gasteiger partial charge on any atom is -0.504 e. The first-order valence-corrected chi connectivity index (χ1v) is 6.78. The molecule has 0 radical (unpaired) electrons. The SMILES string of the molecule is COc1cccc(C(=O)N(C)C2CCCCC2)c1O. The first-order valence-electron chi connectivity index (χ1n) is 6.78. The molecule has 19 heavy (non-hydrogen) atoms. The predicted octanol–water partition coefficient (Wildman–Crippen LogP) is 2.81. The zero-order valence-corrected chi connectivity index (χ0v) is 11.6. The number of carbonyl (C=O) groups excluding carboxylic acids is 1. The summed E-state index contributed by atoms with van der Waals surface area (Å²) >= 11 is 0. The van der Waals surface area contributed by atoms with Crippen LogP contribution in [0.5, 0.6) is 11.5 Å². The van der Waals surface area contributed by atoms with Crippen molar-refractivity contribution in [1.29, 1.82) is 0 Å². The first kappa shape index (κ1) is 13.7. The second-order valence-electron chi connectivity index (χ2n) is 5.06. The molecule has 1 amide bonds. The molecule has 0 unspecified atom stereocenters. The summed E-state index contributed by atoms with van der Waals surface area (Å²) in [4.78, 5) is 14.2. The topological polar surface area (TPSA) is 49.8 Å². The number of ether oxygens (including phenoxy) is 1. The zero-order valence-electron chi connectivity index (χ0n) is 11.6. The molecule has 1 aliphatic rings. The number of rotatable bonds is 3. The van der Waals surface area contributed by atoms with E-state index in [-0.39, 0.29) is 17.7 Å². The van der Waals surface area contributed by atoms with Crippen LogP contribution in [0.25, 0.3) is 0 Å². The van der Waals surface area contributed by atoms with Gasteiger partial charge in [-0.15, -0.1) is 0 Å². The highest BCUT2D eigenvalue weighted by atomic mass is 16.5. The van der Waals surface area contributed by atoms with Crippen LogP contribution in [0.4, 0.5) is 0 Å². The fourth-order valence-electron chi connectivity index (χ4n) is 2.68. The minimum atomic E-state index is -0.136. The fourth-order valence-corrected chi connectivity index (χ4v) is 2.68. The summed E-state index contributed by atoms with van der Waals surface area (Å²) in [6, 6.07) is 5.29. The van der Waals surface area contributed by atoms with Gasteiger partial charge in [0.2, 0.25) is 0 Å². The number of aromatic hydroxyl groups is 1. The molecule has 0 spiro atoms. The standard InChI is InChI=1S/C15H21NO3/c1-16(11-7-4-3-5-8-11)15(18)12-9-6-10-13(19-2)14(12)17/h6,9-11,17H,3-5,7-8H2,1-2H3. The maximum atomic E-state index is 12.4. The molecule has 0 aliphatic heterocycles. The number of benzene rings is 1. The van der Waals surface area contributed by atoms with Crippen molar-refractivity contribution >= 4 is 5.91 Å². The highest BCUT2D eigenvalue weighted by molar-refractivity contribution is 5.97. The molecule has 0 atom stereocenters. The van der Waals surface area contributed by atoms with Gasteiger partial charge in [-0.05, 0) is 25.0 Å². The number of phenols is 1. The van der Waals surface area contributed by atoms with Gasteiger partial charge < -0.3 is 14.7 Å². The lowest BCUT2D eigenvalue weighted by atomic mass is 9.94. The smallest absolute Gasteiger partial charge is 0.257 e. The van der Waals surface area contributed by atoms with Crippen LogP contribution in [0.15, 0.2) is 18.2 Å². The Labute approximate surface area is 114 Å². The zero-order chi connectivity index (χ0) is 13.8. The number of phenolic OH excluding ortho intramolecular Hbond substituents is 1. The second kappa shape index (κ2) is 5.95. The van der Waals surface area contributed by atoms with Gasteiger partial charge >= 0.3 is 0 Å². The van der Waals surface area contributed by atoms with Gasteiger partial charge in [-0.2, -0.15) is 0 Å². The summed E-state index contributed by atoms with van der Waals surface area (Å²) in [7, 11) is 3.30. The predicted molar refractivity (Wildman–Crippen MR) is 73.6 cm³/mol. The van der Waals surface area contributed by atoms with Crippen LogP contribution >= 0.6 is 0 Å². The first-order chi connectivity index (χ1) is 9.15. The van der Waals surface area contributed by atoms with Crippen molar-refractivity contribution in [3.63, 3.8) is 0 Å². The highest BCUT2D eigenvalue weighted by Gasteiger charge is 2.25. The van der Waals surface area contributed by atoms with Crippen molar-refractivity contribution in [3.05, 3.63) is 23.8 Å². The van der Waals surface area contributed by atoms with E-state index in [9.17, 15) is 9.90 Å². The van der Waals surface area contributed by atoms with Crippen molar-refractivity contribution in [1.82, 2.24) is 4.90 Å². The van der Waals surface area contributed by atoms with Gasteiger partial charge in [0.25, 0.3) is 5.91 Å². The van der Waals surface area contributed by atoms with Crippen molar-refractivity contribution in [2.75, 3.05) is 14.2 Å². The summed E-state index contributed by atoms with van der Waals surface area (Å²) in [6.45, 7) is 0. The molecule has 1 aromatic rings. The lowest BCUT2D eigenvalue weighted by molar-refractivity contribution is 0.0692. The number of amides is 1. The van der Waals surface area contributed by atoms with E-state index in [2.05, 4.69) is 0 Å². The molecule has 1 aromatic carbocycles. The Kier molecular flexibility index (Phi) is 4.30. The fraction of sp³-hybridized carbons (Fsp3) is 0.533. The normalized spacial score (nSPS) is 16.1. The molecule has 0 aromatic heterocycles. The second-order valence-corrected chi connectivity index (χ2v) is 5.06. The van der Waals surface area contributed by atoms with Gasteiger partial charge in [0.05, 0.1) is 12.7 Å². The van der Waals surface area contributed by atoms with E-state index in [4.69, 9.17) is 4.74 Å². The third-order valence-electron chi connectivity index (χ3n) is 3.89. The summed E-state index contributed by atoms with van der Waals surface area (Å²) in [5.74, 6) is 0.129. The number of para-hydroxylation sites is 1. The molecular formula is C15H21NO3. The molecule has 4 nitrogen and oxygen atoms in total. The average Bonchev–Trinajstić information content (AvgIpc) is 2.47. The van der Waals surface area contributed by atoms with Crippen molar-refractivity contribution in [3.8, 4) is 11.5 Å². The number of hydrogen-bond acceptors (Lipinski definition) is 3. The Morgan fingerprint density at radius 1 is 1.32 bits per heavy atom. The molecule has 4 heteroatoms. The van der Waals surface area contributed by atoms with Crippen LogP contribution in [-0.4, -0.2) is 36.1 Å². The molecule has 0 heterocycles.